The number of benzene rings is 2. The molecule has 0 aliphatic rings. The van der Waals surface area contributed by atoms with Gasteiger partial charge in [-0.15, -0.1) is 0 Å². The third-order valence-corrected chi connectivity index (χ3v) is 3.07. The van der Waals surface area contributed by atoms with Crippen LogP contribution in [-0.2, 0) is 0 Å². The Morgan fingerprint density at radius 1 is 0.933 bits per heavy atom. The van der Waals surface area contributed by atoms with Gasteiger partial charge in [0.1, 0.15) is 5.82 Å². The van der Waals surface area contributed by atoms with Crippen LogP contribution in [0.15, 0.2) is 58.3 Å². The number of hydrogen-bond acceptors (Lipinski definition) is 2. The zero-order chi connectivity index (χ0) is 10.7. The molecule has 0 aliphatic carbocycles. The zero-order valence-electron chi connectivity index (χ0n) is 7.98. The molecule has 0 saturated carbocycles. The van der Waals surface area contributed by atoms with Gasteiger partial charge in [-0.25, -0.2) is 4.39 Å². The maximum atomic E-state index is 13.1. The van der Waals surface area contributed by atoms with Gasteiger partial charge in [0.25, 0.3) is 0 Å². The van der Waals surface area contributed by atoms with E-state index in [1.54, 1.807) is 6.07 Å². The molecule has 0 unspecified atom stereocenters. The fraction of sp³-hybridized carbons (Fsp3) is 0. The molecule has 0 aliphatic heterocycles. The average molecular weight is 219 g/mol. The van der Waals surface area contributed by atoms with Gasteiger partial charge in [0, 0.05) is 9.79 Å². The maximum Gasteiger partial charge on any atom is 0.147 e. The summed E-state index contributed by atoms with van der Waals surface area (Å²) in [4.78, 5) is 1.80. The molecule has 0 aromatic heterocycles. The highest BCUT2D eigenvalue weighted by Crippen LogP contribution is 2.32. The lowest BCUT2D eigenvalue weighted by Crippen LogP contribution is -1.92. The summed E-state index contributed by atoms with van der Waals surface area (Å²) in [5.41, 5.74) is 5.85. The van der Waals surface area contributed by atoms with Gasteiger partial charge in [-0.1, -0.05) is 36.0 Å². The Kier molecular flexibility index (Phi) is 2.92. The lowest BCUT2D eigenvalue weighted by molar-refractivity contribution is 0.629. The summed E-state index contributed by atoms with van der Waals surface area (Å²) < 4.78 is 13.1. The minimum absolute atomic E-state index is 0.214. The van der Waals surface area contributed by atoms with Crippen LogP contribution in [0.25, 0.3) is 0 Å². The Morgan fingerprint density at radius 3 is 2.40 bits per heavy atom. The van der Waals surface area contributed by atoms with Crippen molar-refractivity contribution in [1.82, 2.24) is 0 Å². The van der Waals surface area contributed by atoms with E-state index in [0.717, 1.165) is 9.79 Å². The van der Waals surface area contributed by atoms with E-state index >= 15 is 0 Å². The summed E-state index contributed by atoms with van der Waals surface area (Å²) in [7, 11) is 0. The van der Waals surface area contributed by atoms with Gasteiger partial charge in [0.2, 0.25) is 0 Å². The van der Waals surface area contributed by atoms with Crippen molar-refractivity contribution in [2.45, 2.75) is 9.79 Å². The first-order chi connectivity index (χ1) is 7.27. The fourth-order valence-corrected chi connectivity index (χ4v) is 2.12. The molecule has 1 nitrogen and oxygen atoms in total. The van der Waals surface area contributed by atoms with Crippen molar-refractivity contribution in [3.63, 3.8) is 0 Å². The highest BCUT2D eigenvalue weighted by atomic mass is 32.2. The molecule has 2 aromatic rings. The number of halogens is 1. The summed E-state index contributed by atoms with van der Waals surface area (Å²) in [5.74, 6) is -0.365. The lowest BCUT2D eigenvalue weighted by Gasteiger charge is -2.05. The van der Waals surface area contributed by atoms with Gasteiger partial charge in [-0.2, -0.15) is 0 Å². The number of rotatable bonds is 2. The molecule has 76 valence electrons. The SMILES string of the molecule is Nc1c(F)cccc1Sc1ccccc1. The van der Waals surface area contributed by atoms with Crippen LogP contribution >= 0.6 is 11.8 Å². The van der Waals surface area contributed by atoms with Crippen molar-refractivity contribution in [3.05, 3.63) is 54.3 Å². The molecule has 0 radical (unpaired) electrons. The lowest BCUT2D eigenvalue weighted by atomic mass is 10.3. The first-order valence-corrected chi connectivity index (χ1v) is 5.36. The molecule has 3 heteroatoms. The first kappa shape index (κ1) is 10.1. The summed E-state index contributed by atoms with van der Waals surface area (Å²) in [5, 5.41) is 0. The smallest absolute Gasteiger partial charge is 0.147 e. The van der Waals surface area contributed by atoms with Crippen LogP contribution in [0.4, 0.5) is 10.1 Å². The molecule has 0 amide bonds. The quantitative estimate of drug-likeness (QED) is 0.781. The summed E-state index contributed by atoms with van der Waals surface area (Å²) >= 11 is 1.46. The van der Waals surface area contributed by atoms with Gasteiger partial charge in [0.15, 0.2) is 0 Å². The van der Waals surface area contributed by atoms with Crippen LogP contribution in [0.1, 0.15) is 0 Å². The van der Waals surface area contributed by atoms with Gasteiger partial charge in [-0.05, 0) is 24.3 Å². The topological polar surface area (TPSA) is 26.0 Å². The average Bonchev–Trinajstić information content (AvgIpc) is 2.26. The minimum atomic E-state index is -0.365. The van der Waals surface area contributed by atoms with Crippen LogP contribution in [0.2, 0.25) is 0 Å². The van der Waals surface area contributed by atoms with Crippen LogP contribution in [0.3, 0.4) is 0 Å². The monoisotopic (exact) mass is 219 g/mol. The van der Waals surface area contributed by atoms with Gasteiger partial charge < -0.3 is 5.73 Å². The minimum Gasteiger partial charge on any atom is -0.395 e. The Labute approximate surface area is 92.1 Å². The van der Waals surface area contributed by atoms with E-state index in [0.29, 0.717) is 0 Å². The van der Waals surface area contributed by atoms with E-state index in [9.17, 15) is 4.39 Å². The molecule has 2 N–H and O–H groups in total. The van der Waals surface area contributed by atoms with Gasteiger partial charge in [-0.3, -0.25) is 0 Å². The number of hydrogen-bond donors (Lipinski definition) is 1. The van der Waals surface area contributed by atoms with Gasteiger partial charge >= 0.3 is 0 Å². The maximum absolute atomic E-state index is 13.1. The normalized spacial score (nSPS) is 10.2. The van der Waals surface area contributed by atoms with Crippen LogP contribution in [-0.4, -0.2) is 0 Å². The molecule has 0 saturated heterocycles. The molecule has 2 aromatic carbocycles. The highest BCUT2D eigenvalue weighted by Gasteiger charge is 2.05. The zero-order valence-corrected chi connectivity index (χ0v) is 8.80. The fourth-order valence-electron chi connectivity index (χ4n) is 1.22. The predicted molar refractivity (Wildman–Crippen MR) is 61.4 cm³/mol. The summed E-state index contributed by atoms with van der Waals surface area (Å²) in [6.45, 7) is 0. The second-order valence-electron chi connectivity index (χ2n) is 3.07. The van der Waals surface area contributed by atoms with E-state index in [4.69, 9.17) is 5.73 Å². The second kappa shape index (κ2) is 4.36. The molecule has 15 heavy (non-hydrogen) atoms. The van der Waals surface area contributed by atoms with Crippen molar-refractivity contribution in [1.29, 1.82) is 0 Å². The Morgan fingerprint density at radius 2 is 1.67 bits per heavy atom. The molecule has 0 spiro atoms. The van der Waals surface area contributed by atoms with Crippen LogP contribution in [0, 0.1) is 5.82 Å². The highest BCUT2D eigenvalue weighted by molar-refractivity contribution is 7.99. The van der Waals surface area contributed by atoms with Gasteiger partial charge in [0.05, 0.1) is 5.69 Å². The third kappa shape index (κ3) is 2.30. The third-order valence-electron chi connectivity index (χ3n) is 1.98. The summed E-state index contributed by atoms with van der Waals surface area (Å²) in [6.07, 6.45) is 0. The van der Waals surface area contributed by atoms with Crippen molar-refractivity contribution < 1.29 is 4.39 Å². The van der Waals surface area contributed by atoms with Crippen molar-refractivity contribution in [3.8, 4) is 0 Å². The van der Waals surface area contributed by atoms with E-state index < -0.39 is 0 Å². The Bertz CT molecular complexity index is 456. The Balaban J connectivity index is 2.29. The standard InChI is InChI=1S/C12H10FNS/c13-10-7-4-8-11(12(10)14)15-9-5-2-1-3-6-9/h1-8H,14H2. The van der Waals surface area contributed by atoms with Crippen molar-refractivity contribution >= 4 is 17.4 Å². The number of nitrogens with two attached hydrogens (primary N) is 1. The number of anilines is 1. The van der Waals surface area contributed by atoms with Crippen LogP contribution < -0.4 is 5.73 Å². The van der Waals surface area contributed by atoms with E-state index in [-0.39, 0.29) is 11.5 Å². The first-order valence-electron chi connectivity index (χ1n) is 4.54. The van der Waals surface area contributed by atoms with E-state index in [1.165, 1.54) is 17.8 Å². The Hall–Kier alpha value is -1.48. The van der Waals surface area contributed by atoms with Crippen LogP contribution in [0.5, 0.6) is 0 Å². The largest absolute Gasteiger partial charge is 0.395 e. The van der Waals surface area contributed by atoms with E-state index in [1.807, 2.05) is 36.4 Å². The molecule has 0 atom stereocenters. The molecular weight excluding hydrogens is 209 g/mol. The second-order valence-corrected chi connectivity index (χ2v) is 4.18. The van der Waals surface area contributed by atoms with Crippen molar-refractivity contribution in [2.24, 2.45) is 0 Å². The van der Waals surface area contributed by atoms with E-state index in [2.05, 4.69) is 0 Å². The molecule has 2 rings (SSSR count). The van der Waals surface area contributed by atoms with Crippen molar-refractivity contribution in [2.75, 3.05) is 5.73 Å². The summed E-state index contributed by atoms with van der Waals surface area (Å²) in [6, 6.07) is 14.6. The molecule has 0 fully saturated rings. The molecule has 0 heterocycles. The molecular formula is C12H10FNS. The molecule has 0 bridgehead atoms. The predicted octanol–water partition coefficient (Wildman–Crippen LogP) is 3.56. The number of para-hydroxylation sites is 1. The number of nitrogen functional groups attached to an aromatic ring is 1.